The molecule has 0 bridgehead atoms. The van der Waals surface area contributed by atoms with E-state index in [-0.39, 0.29) is 17.9 Å². The van der Waals surface area contributed by atoms with Gasteiger partial charge in [-0.3, -0.25) is 10.1 Å². The van der Waals surface area contributed by atoms with Crippen LogP contribution in [0.2, 0.25) is 5.02 Å². The van der Waals surface area contributed by atoms with Gasteiger partial charge < -0.3 is 10.1 Å². The van der Waals surface area contributed by atoms with Gasteiger partial charge in [-0.05, 0) is 31.0 Å². The standard InChI is InChI=1S/C24H24ClN5O4S/c1-3-4-13-34-22(31)20-15(2)26-23-27-24(35-14-16-9-5-7-11-18(16)25)28-29(23)21(20)17-10-6-8-12-19(17)30(32)33/h5-12,21H,3-4,13-14H2,1-2H3,(H,26,27,28). The summed E-state index contributed by atoms with van der Waals surface area (Å²) < 4.78 is 7.01. The second-order valence-electron chi connectivity index (χ2n) is 7.91. The molecular weight excluding hydrogens is 490 g/mol. The highest BCUT2D eigenvalue weighted by atomic mass is 35.5. The number of nitro groups is 1. The highest BCUT2D eigenvalue weighted by Crippen LogP contribution is 2.40. The minimum Gasteiger partial charge on any atom is -0.462 e. The first-order valence-corrected chi connectivity index (χ1v) is 12.5. The van der Waals surface area contributed by atoms with Crippen molar-refractivity contribution >= 4 is 41.0 Å². The van der Waals surface area contributed by atoms with Crippen molar-refractivity contribution < 1.29 is 14.5 Å². The lowest BCUT2D eigenvalue weighted by Gasteiger charge is -2.27. The number of esters is 1. The molecule has 0 saturated heterocycles. The fourth-order valence-electron chi connectivity index (χ4n) is 3.77. The van der Waals surface area contributed by atoms with Crippen LogP contribution in [0.15, 0.2) is 65.0 Å². The Balaban J connectivity index is 1.73. The number of nitrogens with zero attached hydrogens (tertiary/aromatic N) is 4. The second kappa shape index (κ2) is 10.9. The molecule has 3 aromatic rings. The lowest BCUT2D eigenvalue weighted by molar-refractivity contribution is -0.385. The van der Waals surface area contributed by atoms with E-state index in [9.17, 15) is 14.9 Å². The molecule has 0 fully saturated rings. The minimum absolute atomic E-state index is 0.113. The first-order chi connectivity index (χ1) is 16.9. The smallest absolute Gasteiger partial charge is 0.338 e. The molecule has 1 unspecified atom stereocenters. The molecule has 1 aromatic heterocycles. The summed E-state index contributed by atoms with van der Waals surface area (Å²) >= 11 is 7.65. The summed E-state index contributed by atoms with van der Waals surface area (Å²) in [5, 5.41) is 20.7. The Bertz CT molecular complexity index is 1290. The number of aromatic nitrogens is 3. The summed E-state index contributed by atoms with van der Waals surface area (Å²) in [4.78, 5) is 29.1. The molecule has 0 amide bonds. The average molecular weight is 514 g/mol. The van der Waals surface area contributed by atoms with E-state index in [0.29, 0.717) is 33.1 Å². The first kappa shape index (κ1) is 24.7. The first-order valence-electron chi connectivity index (χ1n) is 11.1. The van der Waals surface area contributed by atoms with Crippen molar-refractivity contribution in [2.75, 3.05) is 11.9 Å². The molecule has 0 aliphatic carbocycles. The van der Waals surface area contributed by atoms with Crippen LogP contribution in [0.1, 0.15) is 43.9 Å². The maximum absolute atomic E-state index is 13.1. The Hall–Kier alpha value is -3.37. The van der Waals surface area contributed by atoms with Crippen molar-refractivity contribution in [1.82, 2.24) is 14.8 Å². The van der Waals surface area contributed by atoms with Crippen molar-refractivity contribution in [3.8, 4) is 0 Å². The molecule has 1 N–H and O–H groups in total. The van der Waals surface area contributed by atoms with E-state index in [4.69, 9.17) is 16.3 Å². The van der Waals surface area contributed by atoms with E-state index in [1.54, 1.807) is 25.1 Å². The number of hydrogen-bond acceptors (Lipinski definition) is 8. The van der Waals surface area contributed by atoms with Crippen LogP contribution >= 0.6 is 23.4 Å². The van der Waals surface area contributed by atoms with Gasteiger partial charge in [0.25, 0.3) is 5.69 Å². The van der Waals surface area contributed by atoms with Gasteiger partial charge in [0, 0.05) is 22.5 Å². The van der Waals surface area contributed by atoms with Gasteiger partial charge in [0.05, 0.1) is 22.7 Å². The lowest BCUT2D eigenvalue weighted by Crippen LogP contribution is -2.30. The van der Waals surface area contributed by atoms with E-state index >= 15 is 0 Å². The largest absolute Gasteiger partial charge is 0.462 e. The van der Waals surface area contributed by atoms with Gasteiger partial charge in [-0.15, -0.1) is 5.10 Å². The summed E-state index contributed by atoms with van der Waals surface area (Å²) in [5.41, 5.74) is 1.92. The number of ether oxygens (including phenoxy) is 1. The molecule has 1 aliphatic heterocycles. The zero-order valence-corrected chi connectivity index (χ0v) is 20.8. The molecule has 2 aromatic carbocycles. The van der Waals surface area contributed by atoms with Crippen molar-refractivity contribution in [2.24, 2.45) is 0 Å². The van der Waals surface area contributed by atoms with Crippen LogP contribution < -0.4 is 5.32 Å². The number of halogens is 1. The molecule has 11 heteroatoms. The fraction of sp³-hybridized carbons (Fsp3) is 0.292. The van der Waals surface area contributed by atoms with Crippen LogP contribution in [-0.4, -0.2) is 32.3 Å². The van der Waals surface area contributed by atoms with Crippen LogP contribution in [0.5, 0.6) is 0 Å². The summed E-state index contributed by atoms with van der Waals surface area (Å²) in [5.74, 6) is 0.382. The molecule has 0 radical (unpaired) electrons. The van der Waals surface area contributed by atoms with Crippen molar-refractivity contribution in [3.05, 3.63) is 86.1 Å². The number of rotatable bonds is 9. The van der Waals surface area contributed by atoms with Crippen molar-refractivity contribution in [2.45, 2.75) is 43.6 Å². The third-order valence-electron chi connectivity index (χ3n) is 5.53. The number of thioether (sulfide) groups is 1. The number of anilines is 1. The lowest BCUT2D eigenvalue weighted by atomic mass is 9.94. The SMILES string of the molecule is CCCCOC(=O)C1=C(C)Nc2nc(SCc3ccccc3Cl)nn2C1c1ccccc1[N+](=O)[O-]. The molecule has 9 nitrogen and oxygen atoms in total. The van der Waals surface area contributed by atoms with Crippen LogP contribution in [0.4, 0.5) is 11.6 Å². The van der Waals surface area contributed by atoms with Crippen LogP contribution in [0.3, 0.4) is 0 Å². The van der Waals surface area contributed by atoms with Gasteiger partial charge in [-0.2, -0.15) is 4.98 Å². The van der Waals surface area contributed by atoms with E-state index in [1.807, 2.05) is 31.2 Å². The molecule has 2 heterocycles. The Kier molecular flexibility index (Phi) is 7.72. The highest BCUT2D eigenvalue weighted by Gasteiger charge is 2.38. The normalized spacial score (nSPS) is 14.9. The van der Waals surface area contributed by atoms with E-state index in [2.05, 4.69) is 15.4 Å². The number of hydrogen-bond donors (Lipinski definition) is 1. The molecule has 0 saturated carbocycles. The minimum atomic E-state index is -0.871. The maximum atomic E-state index is 13.1. The summed E-state index contributed by atoms with van der Waals surface area (Å²) in [6.45, 7) is 3.99. The Morgan fingerprint density at radius 2 is 2.00 bits per heavy atom. The Labute approximate surface area is 211 Å². The van der Waals surface area contributed by atoms with E-state index in [1.165, 1.54) is 22.5 Å². The number of nitrogens with one attached hydrogen (secondary N) is 1. The number of allylic oxidation sites excluding steroid dienone is 1. The van der Waals surface area contributed by atoms with E-state index < -0.39 is 16.9 Å². The zero-order valence-electron chi connectivity index (χ0n) is 19.2. The predicted molar refractivity (Wildman–Crippen MR) is 134 cm³/mol. The van der Waals surface area contributed by atoms with Gasteiger partial charge in [0.2, 0.25) is 11.1 Å². The second-order valence-corrected chi connectivity index (χ2v) is 9.26. The van der Waals surface area contributed by atoms with Gasteiger partial charge in [0.1, 0.15) is 6.04 Å². The number of benzene rings is 2. The van der Waals surface area contributed by atoms with Crippen molar-refractivity contribution in [1.29, 1.82) is 0 Å². The predicted octanol–water partition coefficient (Wildman–Crippen LogP) is 5.76. The highest BCUT2D eigenvalue weighted by molar-refractivity contribution is 7.98. The summed E-state index contributed by atoms with van der Waals surface area (Å²) in [7, 11) is 0. The number of unbranched alkanes of at least 4 members (excludes halogenated alkanes) is 1. The quantitative estimate of drug-likeness (QED) is 0.126. The number of carbonyl (C=O) groups excluding carboxylic acids is 1. The maximum Gasteiger partial charge on any atom is 0.338 e. The average Bonchev–Trinajstić information content (AvgIpc) is 3.25. The van der Waals surface area contributed by atoms with Crippen LogP contribution in [0.25, 0.3) is 0 Å². The number of para-hydroxylation sites is 1. The molecule has 35 heavy (non-hydrogen) atoms. The molecule has 4 rings (SSSR count). The number of carbonyl (C=O) groups is 1. The summed E-state index contributed by atoms with van der Waals surface area (Å²) in [6, 6.07) is 13.0. The summed E-state index contributed by atoms with van der Waals surface area (Å²) in [6.07, 6.45) is 1.59. The Morgan fingerprint density at radius 3 is 2.74 bits per heavy atom. The Morgan fingerprint density at radius 1 is 1.26 bits per heavy atom. The monoisotopic (exact) mass is 513 g/mol. The van der Waals surface area contributed by atoms with Crippen LogP contribution in [0, 0.1) is 10.1 Å². The van der Waals surface area contributed by atoms with Gasteiger partial charge in [-0.1, -0.05) is 67.0 Å². The third-order valence-corrected chi connectivity index (χ3v) is 6.78. The van der Waals surface area contributed by atoms with Gasteiger partial charge >= 0.3 is 5.97 Å². The number of nitro benzene ring substituents is 1. The zero-order chi connectivity index (χ0) is 24.9. The van der Waals surface area contributed by atoms with E-state index in [0.717, 1.165) is 18.4 Å². The third kappa shape index (κ3) is 5.33. The topological polar surface area (TPSA) is 112 Å². The van der Waals surface area contributed by atoms with Gasteiger partial charge in [0.15, 0.2) is 0 Å². The number of fused-ring (bicyclic) bond motifs is 1. The molecular formula is C24H24ClN5O4S. The molecule has 0 spiro atoms. The fourth-order valence-corrected chi connectivity index (χ4v) is 4.89. The molecule has 1 aliphatic rings. The van der Waals surface area contributed by atoms with Crippen molar-refractivity contribution in [3.63, 3.8) is 0 Å². The molecule has 1 atom stereocenters. The van der Waals surface area contributed by atoms with Crippen LogP contribution in [-0.2, 0) is 15.3 Å². The molecule has 182 valence electrons. The van der Waals surface area contributed by atoms with Gasteiger partial charge in [-0.25, -0.2) is 9.48 Å².